The second kappa shape index (κ2) is 15.6. The first-order chi connectivity index (χ1) is 16.0. The number of rotatable bonds is 18. The molecule has 0 fully saturated rings. The zero-order valence-corrected chi connectivity index (χ0v) is 19.8. The molecule has 184 valence electrons. The molecule has 2 rings (SSSR count). The molecule has 0 aromatic heterocycles. The van der Waals surface area contributed by atoms with Gasteiger partial charge < -0.3 is 29.4 Å². The van der Waals surface area contributed by atoms with Crippen LogP contribution in [0.1, 0.15) is 5.56 Å². The minimum atomic E-state index is -3.76. The van der Waals surface area contributed by atoms with E-state index in [1.54, 1.807) is 24.3 Å². The number of aryl methyl sites for hydroxylation is 1. The van der Waals surface area contributed by atoms with Crippen molar-refractivity contribution in [1.29, 1.82) is 0 Å². The van der Waals surface area contributed by atoms with E-state index in [0.29, 0.717) is 58.5 Å². The van der Waals surface area contributed by atoms with Crippen LogP contribution >= 0.6 is 0 Å². The lowest BCUT2D eigenvalue weighted by Gasteiger charge is -2.09. The fourth-order valence-corrected chi connectivity index (χ4v) is 3.41. The summed E-state index contributed by atoms with van der Waals surface area (Å²) >= 11 is 0. The van der Waals surface area contributed by atoms with Gasteiger partial charge in [-0.25, -0.2) is 0 Å². The quantitative estimate of drug-likeness (QED) is 0.194. The molecule has 0 heterocycles. The molecular formula is C23H33NO8S. The molecule has 10 heteroatoms. The summed E-state index contributed by atoms with van der Waals surface area (Å²) in [6.07, 6.45) is 0. The Labute approximate surface area is 195 Å². The highest BCUT2D eigenvalue weighted by Crippen LogP contribution is 2.13. The highest BCUT2D eigenvalue weighted by atomic mass is 32.2. The minimum absolute atomic E-state index is 0.0512. The Morgan fingerprint density at radius 1 is 0.636 bits per heavy atom. The van der Waals surface area contributed by atoms with Crippen molar-refractivity contribution in [2.45, 2.75) is 11.8 Å². The van der Waals surface area contributed by atoms with Crippen LogP contribution in [0.4, 0.5) is 5.69 Å². The van der Waals surface area contributed by atoms with Crippen molar-refractivity contribution in [3.8, 4) is 5.75 Å². The zero-order valence-electron chi connectivity index (χ0n) is 18.9. The molecule has 0 aliphatic heterocycles. The average Bonchev–Trinajstić information content (AvgIpc) is 2.80. The molecule has 0 spiro atoms. The summed E-state index contributed by atoms with van der Waals surface area (Å²) in [5, 5.41) is 0. The summed E-state index contributed by atoms with van der Waals surface area (Å²) in [6, 6.07) is 13.7. The van der Waals surface area contributed by atoms with Gasteiger partial charge in [0.15, 0.2) is 0 Å². The lowest BCUT2D eigenvalue weighted by molar-refractivity contribution is -0.00682. The molecule has 9 nitrogen and oxygen atoms in total. The lowest BCUT2D eigenvalue weighted by atomic mass is 10.2. The number of hydrogen-bond donors (Lipinski definition) is 1. The third-order valence-electron chi connectivity index (χ3n) is 4.27. The van der Waals surface area contributed by atoms with Gasteiger partial charge in [0.05, 0.1) is 64.4 Å². The Balaban J connectivity index is 1.33. The van der Waals surface area contributed by atoms with Crippen LogP contribution in [0.15, 0.2) is 53.4 Å². The number of nitrogen functional groups attached to an aromatic ring is 1. The first kappa shape index (κ1) is 27.0. The molecule has 2 aromatic carbocycles. The van der Waals surface area contributed by atoms with Crippen LogP contribution in [0, 0.1) is 6.92 Å². The van der Waals surface area contributed by atoms with Crippen LogP contribution in [-0.4, -0.2) is 74.5 Å². The number of benzene rings is 2. The molecule has 0 unspecified atom stereocenters. The maximum absolute atomic E-state index is 12.0. The number of anilines is 1. The van der Waals surface area contributed by atoms with Crippen molar-refractivity contribution in [3.05, 3.63) is 54.1 Å². The summed E-state index contributed by atoms with van der Waals surface area (Å²) in [5.41, 5.74) is 7.29. The molecule has 0 saturated carbocycles. The number of ether oxygens (including phenoxy) is 5. The van der Waals surface area contributed by atoms with E-state index < -0.39 is 10.1 Å². The summed E-state index contributed by atoms with van der Waals surface area (Å²) in [6.45, 7) is 5.45. The summed E-state index contributed by atoms with van der Waals surface area (Å²) in [7, 11) is -3.76. The largest absolute Gasteiger partial charge is 0.491 e. The van der Waals surface area contributed by atoms with Gasteiger partial charge in [-0.05, 0) is 43.3 Å². The topological polar surface area (TPSA) is 116 Å². The van der Waals surface area contributed by atoms with Crippen molar-refractivity contribution >= 4 is 15.8 Å². The summed E-state index contributed by atoms with van der Waals surface area (Å²) < 4.78 is 56.0. The van der Waals surface area contributed by atoms with E-state index in [1.807, 2.05) is 19.1 Å². The summed E-state index contributed by atoms with van der Waals surface area (Å²) in [4.78, 5) is 0.133. The first-order valence-corrected chi connectivity index (χ1v) is 12.1. The van der Waals surface area contributed by atoms with Crippen LogP contribution in [0.2, 0.25) is 0 Å². The van der Waals surface area contributed by atoms with Crippen LogP contribution < -0.4 is 10.5 Å². The minimum Gasteiger partial charge on any atom is -0.491 e. The maximum atomic E-state index is 12.0. The van der Waals surface area contributed by atoms with Crippen molar-refractivity contribution in [2.75, 3.05) is 71.8 Å². The second-order valence-electron chi connectivity index (χ2n) is 6.96. The molecule has 0 radical (unpaired) electrons. The van der Waals surface area contributed by atoms with E-state index >= 15 is 0 Å². The van der Waals surface area contributed by atoms with Gasteiger partial charge in [-0.2, -0.15) is 8.42 Å². The van der Waals surface area contributed by atoms with Gasteiger partial charge >= 0.3 is 0 Å². The van der Waals surface area contributed by atoms with Gasteiger partial charge in [0, 0.05) is 5.69 Å². The molecule has 2 aromatic rings. The van der Waals surface area contributed by atoms with E-state index in [9.17, 15) is 8.42 Å². The Morgan fingerprint density at radius 2 is 1.09 bits per heavy atom. The highest BCUT2D eigenvalue weighted by molar-refractivity contribution is 7.86. The fraction of sp³-hybridized carbons (Fsp3) is 0.478. The van der Waals surface area contributed by atoms with Crippen molar-refractivity contribution in [3.63, 3.8) is 0 Å². The van der Waals surface area contributed by atoms with E-state index in [0.717, 1.165) is 11.3 Å². The SMILES string of the molecule is Cc1ccc(S(=O)(=O)OCCOCCOCCOCCOCCOc2ccc(N)cc2)cc1. The Kier molecular flexibility index (Phi) is 12.8. The summed E-state index contributed by atoms with van der Waals surface area (Å²) in [5.74, 6) is 0.755. The van der Waals surface area contributed by atoms with Gasteiger partial charge in [-0.1, -0.05) is 17.7 Å². The molecule has 33 heavy (non-hydrogen) atoms. The molecule has 0 saturated heterocycles. The second-order valence-corrected chi connectivity index (χ2v) is 8.57. The molecule has 0 atom stereocenters. The monoisotopic (exact) mass is 483 g/mol. The third-order valence-corrected chi connectivity index (χ3v) is 5.59. The molecule has 0 aliphatic rings. The Morgan fingerprint density at radius 3 is 1.61 bits per heavy atom. The molecule has 0 amide bonds. The van der Waals surface area contributed by atoms with Gasteiger partial charge in [0.1, 0.15) is 12.4 Å². The number of hydrogen-bond acceptors (Lipinski definition) is 9. The lowest BCUT2D eigenvalue weighted by Crippen LogP contribution is -2.15. The molecule has 2 N–H and O–H groups in total. The van der Waals surface area contributed by atoms with Gasteiger partial charge in [-0.15, -0.1) is 0 Å². The standard InChI is InChI=1S/C23H33NO8S/c1-20-2-8-23(9-3-20)33(25,26)32-19-17-30-15-13-28-11-10-27-12-14-29-16-18-31-22-6-4-21(24)5-7-22/h2-9H,10-19,24H2,1H3. The van der Waals surface area contributed by atoms with E-state index in [-0.39, 0.29) is 18.1 Å². The van der Waals surface area contributed by atoms with Gasteiger partial charge in [-0.3, -0.25) is 4.18 Å². The first-order valence-electron chi connectivity index (χ1n) is 10.7. The van der Waals surface area contributed by atoms with Crippen molar-refractivity contribution < 1.29 is 36.3 Å². The maximum Gasteiger partial charge on any atom is 0.297 e. The van der Waals surface area contributed by atoms with E-state index in [4.69, 9.17) is 33.6 Å². The van der Waals surface area contributed by atoms with Gasteiger partial charge in [0.25, 0.3) is 10.1 Å². The van der Waals surface area contributed by atoms with Crippen LogP contribution in [0.25, 0.3) is 0 Å². The van der Waals surface area contributed by atoms with Crippen molar-refractivity contribution in [2.24, 2.45) is 0 Å². The zero-order chi connectivity index (χ0) is 23.8. The normalized spacial score (nSPS) is 11.5. The van der Waals surface area contributed by atoms with Crippen LogP contribution in [0.3, 0.4) is 0 Å². The molecular weight excluding hydrogens is 450 g/mol. The third kappa shape index (κ3) is 12.0. The molecule has 0 aliphatic carbocycles. The molecule has 0 bridgehead atoms. The Bertz CT molecular complexity index is 872. The van der Waals surface area contributed by atoms with Gasteiger partial charge in [0.2, 0.25) is 0 Å². The smallest absolute Gasteiger partial charge is 0.297 e. The predicted molar refractivity (Wildman–Crippen MR) is 124 cm³/mol. The Hall–Kier alpha value is -2.21. The average molecular weight is 484 g/mol. The number of nitrogens with two attached hydrogens (primary N) is 1. The van der Waals surface area contributed by atoms with E-state index in [2.05, 4.69) is 0 Å². The van der Waals surface area contributed by atoms with Crippen molar-refractivity contribution in [1.82, 2.24) is 0 Å². The predicted octanol–water partition coefficient (Wildman–Crippen LogP) is 2.43. The van der Waals surface area contributed by atoms with Crippen LogP contribution in [-0.2, 0) is 33.2 Å². The van der Waals surface area contributed by atoms with Crippen LogP contribution in [0.5, 0.6) is 5.75 Å². The fourth-order valence-electron chi connectivity index (χ4n) is 2.52. The highest BCUT2D eigenvalue weighted by Gasteiger charge is 2.14. The van der Waals surface area contributed by atoms with E-state index in [1.165, 1.54) is 12.1 Å².